The van der Waals surface area contributed by atoms with E-state index in [0.717, 1.165) is 22.2 Å². The van der Waals surface area contributed by atoms with Gasteiger partial charge in [0.2, 0.25) is 23.5 Å². The van der Waals surface area contributed by atoms with Crippen LogP contribution in [0, 0.1) is 12.3 Å². The average Bonchev–Trinajstić information content (AvgIpc) is 3.45. The van der Waals surface area contributed by atoms with Crippen LogP contribution in [-0.2, 0) is 9.59 Å². The molecular weight excluding hydrogens is 442 g/mol. The lowest BCUT2D eigenvalue weighted by atomic mass is 10.0. The maximum absolute atomic E-state index is 12.5. The van der Waals surface area contributed by atoms with Crippen LogP contribution < -0.4 is 11.1 Å². The molecule has 4 aromatic rings. The van der Waals surface area contributed by atoms with Gasteiger partial charge in [-0.25, -0.2) is 0 Å². The van der Waals surface area contributed by atoms with E-state index in [2.05, 4.69) is 15.5 Å². The van der Waals surface area contributed by atoms with Gasteiger partial charge in [-0.3, -0.25) is 9.59 Å². The quantitative estimate of drug-likeness (QED) is 0.418. The SMILES string of the molecule is Cc1nc(-c2c(Cl)c3ccccc3n2-c2ccc(C(C)NC(=O)C3(C(N)=O)CC3)cc2)no1. The molecule has 33 heavy (non-hydrogen) atoms. The van der Waals surface area contributed by atoms with Gasteiger partial charge in [-0.1, -0.05) is 47.1 Å². The Morgan fingerprint density at radius 2 is 1.88 bits per heavy atom. The molecule has 1 aliphatic rings. The van der Waals surface area contributed by atoms with Crippen LogP contribution in [0.1, 0.15) is 37.3 Å². The minimum absolute atomic E-state index is 0.285. The number of hydrogen-bond acceptors (Lipinski definition) is 5. The fraction of sp³-hybridized carbons (Fsp3) is 0.250. The summed E-state index contributed by atoms with van der Waals surface area (Å²) >= 11 is 6.74. The van der Waals surface area contributed by atoms with Crippen LogP contribution in [0.5, 0.6) is 0 Å². The number of rotatable bonds is 6. The molecule has 2 amide bonds. The highest BCUT2D eigenvalue weighted by molar-refractivity contribution is 6.38. The lowest BCUT2D eigenvalue weighted by Gasteiger charge is -2.18. The molecule has 1 saturated carbocycles. The van der Waals surface area contributed by atoms with E-state index >= 15 is 0 Å². The predicted octanol–water partition coefficient (Wildman–Crippen LogP) is 4.09. The Morgan fingerprint density at radius 1 is 1.18 bits per heavy atom. The second-order valence-corrected chi connectivity index (χ2v) is 8.76. The Kier molecular flexibility index (Phi) is 4.97. The molecule has 1 fully saturated rings. The van der Waals surface area contributed by atoms with Gasteiger partial charge in [0.15, 0.2) is 0 Å². The van der Waals surface area contributed by atoms with Gasteiger partial charge in [0.1, 0.15) is 11.1 Å². The molecule has 168 valence electrons. The zero-order chi connectivity index (χ0) is 23.3. The normalized spacial score (nSPS) is 15.4. The van der Waals surface area contributed by atoms with Gasteiger partial charge < -0.3 is 20.1 Å². The topological polar surface area (TPSA) is 116 Å². The average molecular weight is 464 g/mol. The number of para-hydroxylation sites is 1. The number of fused-ring (bicyclic) bond motifs is 1. The van der Waals surface area contributed by atoms with Gasteiger partial charge in [-0.2, -0.15) is 4.98 Å². The number of nitrogens with one attached hydrogen (secondary N) is 1. The van der Waals surface area contributed by atoms with E-state index in [-0.39, 0.29) is 11.9 Å². The van der Waals surface area contributed by atoms with Crippen LogP contribution in [0.15, 0.2) is 53.1 Å². The molecule has 1 unspecified atom stereocenters. The predicted molar refractivity (Wildman–Crippen MR) is 124 cm³/mol. The summed E-state index contributed by atoms with van der Waals surface area (Å²) in [6.07, 6.45) is 0.999. The molecule has 0 aliphatic heterocycles. The number of primary amides is 1. The van der Waals surface area contributed by atoms with Crippen LogP contribution in [0.25, 0.3) is 28.1 Å². The summed E-state index contributed by atoms with van der Waals surface area (Å²) in [6.45, 7) is 3.60. The summed E-state index contributed by atoms with van der Waals surface area (Å²) in [4.78, 5) is 28.6. The Labute approximate surface area is 194 Å². The Morgan fingerprint density at radius 3 is 2.48 bits per heavy atom. The van der Waals surface area contributed by atoms with Crippen molar-refractivity contribution >= 4 is 34.3 Å². The van der Waals surface area contributed by atoms with Gasteiger partial charge >= 0.3 is 0 Å². The Balaban J connectivity index is 1.50. The molecule has 0 bridgehead atoms. The molecule has 8 nitrogen and oxygen atoms in total. The third kappa shape index (κ3) is 3.47. The summed E-state index contributed by atoms with van der Waals surface area (Å²) in [5.41, 5.74) is 7.66. The lowest BCUT2D eigenvalue weighted by molar-refractivity contribution is -0.135. The van der Waals surface area contributed by atoms with Crippen molar-refractivity contribution in [3.8, 4) is 17.2 Å². The van der Waals surface area contributed by atoms with E-state index in [0.29, 0.717) is 35.3 Å². The van der Waals surface area contributed by atoms with Crippen molar-refractivity contribution in [3.63, 3.8) is 0 Å². The Hall–Kier alpha value is -3.65. The molecule has 1 atom stereocenters. The van der Waals surface area contributed by atoms with Gasteiger partial charge in [0.25, 0.3) is 0 Å². The van der Waals surface area contributed by atoms with E-state index in [9.17, 15) is 9.59 Å². The van der Waals surface area contributed by atoms with E-state index in [1.807, 2.05) is 60.0 Å². The third-order valence-electron chi connectivity index (χ3n) is 6.21. The fourth-order valence-electron chi connectivity index (χ4n) is 4.10. The number of aryl methyl sites for hydroxylation is 1. The fourth-order valence-corrected chi connectivity index (χ4v) is 4.43. The number of carbonyl (C=O) groups excluding carboxylic acids is 2. The standard InChI is InChI=1S/C24H22ClN5O3/c1-13(27-23(32)24(11-12-24)22(26)31)15-7-9-16(10-8-15)30-18-6-4-3-5-17(18)19(25)20(30)21-28-14(2)33-29-21/h3-10,13H,11-12H2,1-2H3,(H2,26,31)(H,27,32). The molecule has 2 aromatic heterocycles. The highest BCUT2D eigenvalue weighted by atomic mass is 35.5. The van der Waals surface area contributed by atoms with Crippen LogP contribution >= 0.6 is 11.6 Å². The number of amides is 2. The first kappa shape index (κ1) is 21.2. The first-order valence-electron chi connectivity index (χ1n) is 10.6. The summed E-state index contributed by atoms with van der Waals surface area (Å²) in [5.74, 6) is -0.0329. The summed E-state index contributed by atoms with van der Waals surface area (Å²) < 4.78 is 7.18. The number of benzene rings is 2. The summed E-state index contributed by atoms with van der Waals surface area (Å²) in [5, 5.41) is 8.40. The van der Waals surface area contributed by atoms with E-state index in [1.165, 1.54) is 0 Å². The first-order valence-corrected chi connectivity index (χ1v) is 11.0. The first-order chi connectivity index (χ1) is 15.8. The van der Waals surface area contributed by atoms with Crippen molar-refractivity contribution in [1.82, 2.24) is 20.0 Å². The van der Waals surface area contributed by atoms with Crippen LogP contribution in [0.4, 0.5) is 0 Å². The molecule has 9 heteroatoms. The lowest BCUT2D eigenvalue weighted by Crippen LogP contribution is -2.41. The second kappa shape index (κ2) is 7.74. The number of nitrogens with zero attached hydrogens (tertiary/aromatic N) is 3. The van der Waals surface area contributed by atoms with Crippen molar-refractivity contribution in [2.45, 2.75) is 32.7 Å². The highest BCUT2D eigenvalue weighted by Gasteiger charge is 2.55. The summed E-state index contributed by atoms with van der Waals surface area (Å²) in [6, 6.07) is 15.3. The number of hydrogen-bond donors (Lipinski definition) is 2. The smallest absolute Gasteiger partial charge is 0.236 e. The van der Waals surface area contributed by atoms with Crippen molar-refractivity contribution in [3.05, 3.63) is 65.0 Å². The zero-order valence-electron chi connectivity index (χ0n) is 18.1. The number of carbonyl (C=O) groups is 2. The van der Waals surface area contributed by atoms with Crippen LogP contribution in [0.3, 0.4) is 0 Å². The van der Waals surface area contributed by atoms with Crippen LogP contribution in [0.2, 0.25) is 5.02 Å². The maximum atomic E-state index is 12.5. The zero-order valence-corrected chi connectivity index (χ0v) is 18.9. The molecule has 2 heterocycles. The van der Waals surface area contributed by atoms with Gasteiger partial charge in [0.05, 0.1) is 16.6 Å². The molecule has 5 rings (SSSR count). The Bertz CT molecular complexity index is 1390. The van der Waals surface area contributed by atoms with E-state index in [4.69, 9.17) is 21.9 Å². The largest absolute Gasteiger partial charge is 0.369 e. The molecule has 2 aromatic carbocycles. The van der Waals surface area contributed by atoms with Gasteiger partial charge in [-0.15, -0.1) is 0 Å². The van der Waals surface area contributed by atoms with Crippen molar-refractivity contribution < 1.29 is 14.1 Å². The minimum atomic E-state index is -1.05. The molecule has 0 saturated heterocycles. The van der Waals surface area contributed by atoms with Crippen molar-refractivity contribution in [1.29, 1.82) is 0 Å². The maximum Gasteiger partial charge on any atom is 0.236 e. The molecule has 0 radical (unpaired) electrons. The van der Waals surface area contributed by atoms with Crippen molar-refractivity contribution in [2.24, 2.45) is 11.1 Å². The van der Waals surface area contributed by atoms with E-state index in [1.54, 1.807) is 6.92 Å². The highest BCUT2D eigenvalue weighted by Crippen LogP contribution is 2.46. The molecule has 1 aliphatic carbocycles. The van der Waals surface area contributed by atoms with Gasteiger partial charge in [0, 0.05) is 18.0 Å². The minimum Gasteiger partial charge on any atom is -0.369 e. The molecular formula is C24H22ClN5O3. The van der Waals surface area contributed by atoms with E-state index < -0.39 is 11.3 Å². The number of halogens is 1. The number of nitrogens with two attached hydrogens (primary N) is 1. The van der Waals surface area contributed by atoms with Crippen molar-refractivity contribution in [2.75, 3.05) is 0 Å². The number of aromatic nitrogens is 3. The molecule has 0 spiro atoms. The monoisotopic (exact) mass is 463 g/mol. The molecule has 3 N–H and O–H groups in total. The second-order valence-electron chi connectivity index (χ2n) is 8.39. The van der Waals surface area contributed by atoms with Crippen LogP contribution in [-0.4, -0.2) is 26.5 Å². The third-order valence-corrected chi connectivity index (χ3v) is 6.59. The summed E-state index contributed by atoms with van der Waals surface area (Å²) in [7, 11) is 0. The van der Waals surface area contributed by atoms with Gasteiger partial charge in [-0.05, 0) is 43.5 Å².